The molecule has 6 heteroatoms. The fourth-order valence-electron chi connectivity index (χ4n) is 3.77. The van der Waals surface area contributed by atoms with Crippen molar-refractivity contribution in [2.45, 2.75) is 38.8 Å². The molecule has 6 nitrogen and oxygen atoms in total. The van der Waals surface area contributed by atoms with Crippen LogP contribution in [0.15, 0.2) is 30.3 Å². The first-order valence-corrected chi connectivity index (χ1v) is 9.09. The normalized spacial score (nSPS) is 20.4. The number of benzene rings is 1. The van der Waals surface area contributed by atoms with E-state index in [0.717, 1.165) is 22.5 Å². The van der Waals surface area contributed by atoms with Crippen LogP contribution in [-0.2, 0) is 23.0 Å². The molecular weight excluding hydrogens is 330 g/mol. The average Bonchev–Trinajstić information content (AvgIpc) is 2.91. The molecule has 26 heavy (non-hydrogen) atoms. The number of rotatable bonds is 5. The number of carbonyl (C=O) groups excluding carboxylic acids is 1. The molecule has 0 unspecified atom stereocenters. The molecule has 1 aliphatic rings. The molecule has 0 bridgehead atoms. The lowest BCUT2D eigenvalue weighted by Crippen LogP contribution is -2.49. The van der Waals surface area contributed by atoms with Crippen LogP contribution in [0.5, 0.6) is 0 Å². The van der Waals surface area contributed by atoms with Gasteiger partial charge in [0.2, 0.25) is 5.91 Å². The molecule has 1 aromatic heterocycles. The summed E-state index contributed by atoms with van der Waals surface area (Å²) in [6, 6.07) is 9.56. The Hall–Kier alpha value is -2.18. The maximum atomic E-state index is 13.0. The lowest BCUT2D eigenvalue weighted by molar-refractivity contribution is -0.149. The summed E-state index contributed by atoms with van der Waals surface area (Å²) in [5.41, 5.74) is 4.22. The molecule has 1 fully saturated rings. The van der Waals surface area contributed by atoms with Gasteiger partial charge in [-0.15, -0.1) is 0 Å². The van der Waals surface area contributed by atoms with E-state index in [2.05, 4.69) is 5.10 Å². The van der Waals surface area contributed by atoms with Crippen LogP contribution >= 0.6 is 0 Å². The summed E-state index contributed by atoms with van der Waals surface area (Å²) >= 11 is 0. The third kappa shape index (κ3) is 3.66. The average molecular weight is 357 g/mol. The van der Waals surface area contributed by atoms with E-state index in [1.807, 2.05) is 60.8 Å². The van der Waals surface area contributed by atoms with Gasteiger partial charge in [-0.3, -0.25) is 9.48 Å². The molecule has 0 aliphatic carbocycles. The Morgan fingerprint density at radius 1 is 1.31 bits per heavy atom. The van der Waals surface area contributed by atoms with E-state index < -0.39 is 6.10 Å². The highest BCUT2D eigenvalue weighted by atomic mass is 16.5. The van der Waals surface area contributed by atoms with Gasteiger partial charge < -0.3 is 14.7 Å². The summed E-state index contributed by atoms with van der Waals surface area (Å²) in [6.07, 6.45) is 0.707. The Bertz CT molecular complexity index is 757. The topological polar surface area (TPSA) is 67.6 Å². The van der Waals surface area contributed by atoms with Crippen LogP contribution in [0.1, 0.15) is 35.0 Å². The van der Waals surface area contributed by atoms with Gasteiger partial charge in [0.25, 0.3) is 0 Å². The SMILES string of the molecule is Cc1nn(C)c(C)c1CCC(=O)N1CCO[C@H](CO)[C@H]1c1ccccc1. The van der Waals surface area contributed by atoms with Crippen molar-refractivity contribution in [2.24, 2.45) is 7.05 Å². The van der Waals surface area contributed by atoms with E-state index in [1.54, 1.807) is 0 Å². The van der Waals surface area contributed by atoms with Gasteiger partial charge >= 0.3 is 0 Å². The lowest BCUT2D eigenvalue weighted by atomic mass is 9.97. The maximum absolute atomic E-state index is 13.0. The van der Waals surface area contributed by atoms with Crippen LogP contribution in [-0.4, -0.2) is 51.6 Å². The molecule has 1 saturated heterocycles. The number of nitrogens with zero attached hydrogens (tertiary/aromatic N) is 3. The second kappa shape index (κ2) is 8.01. The van der Waals surface area contributed by atoms with E-state index in [-0.39, 0.29) is 18.6 Å². The van der Waals surface area contributed by atoms with Gasteiger partial charge in [-0.1, -0.05) is 30.3 Å². The number of hydrogen-bond donors (Lipinski definition) is 1. The van der Waals surface area contributed by atoms with E-state index in [1.165, 1.54) is 0 Å². The van der Waals surface area contributed by atoms with Gasteiger partial charge in [-0.2, -0.15) is 5.10 Å². The molecule has 3 rings (SSSR count). The van der Waals surface area contributed by atoms with Gasteiger partial charge in [0, 0.05) is 25.7 Å². The molecule has 1 N–H and O–H groups in total. The molecule has 140 valence electrons. The number of amides is 1. The molecular formula is C20H27N3O3. The minimum atomic E-state index is -0.392. The number of aryl methyl sites for hydroxylation is 2. The van der Waals surface area contributed by atoms with Crippen molar-refractivity contribution in [1.29, 1.82) is 0 Å². The fraction of sp³-hybridized carbons (Fsp3) is 0.500. The van der Waals surface area contributed by atoms with Crippen molar-refractivity contribution in [3.63, 3.8) is 0 Å². The predicted octanol–water partition coefficient (Wildman–Crippen LogP) is 1.93. The Morgan fingerprint density at radius 3 is 2.65 bits per heavy atom. The van der Waals surface area contributed by atoms with Gasteiger partial charge in [0.05, 0.1) is 24.9 Å². The summed E-state index contributed by atoms with van der Waals surface area (Å²) in [7, 11) is 1.92. The van der Waals surface area contributed by atoms with E-state index in [0.29, 0.717) is 26.0 Å². The smallest absolute Gasteiger partial charge is 0.223 e. The molecule has 0 radical (unpaired) electrons. The number of aromatic nitrogens is 2. The first-order valence-electron chi connectivity index (χ1n) is 9.09. The molecule has 0 spiro atoms. The van der Waals surface area contributed by atoms with Gasteiger partial charge in [-0.25, -0.2) is 0 Å². The van der Waals surface area contributed by atoms with Crippen LogP contribution in [0.2, 0.25) is 0 Å². The highest BCUT2D eigenvalue weighted by Gasteiger charge is 2.35. The van der Waals surface area contributed by atoms with E-state index in [9.17, 15) is 9.90 Å². The van der Waals surface area contributed by atoms with Crippen molar-refractivity contribution < 1.29 is 14.6 Å². The second-order valence-electron chi connectivity index (χ2n) is 6.81. The monoisotopic (exact) mass is 357 g/mol. The third-order valence-corrected chi connectivity index (χ3v) is 5.24. The van der Waals surface area contributed by atoms with Crippen LogP contribution in [0, 0.1) is 13.8 Å². The van der Waals surface area contributed by atoms with Gasteiger partial charge in [0.1, 0.15) is 6.10 Å². The van der Waals surface area contributed by atoms with Crippen LogP contribution in [0.3, 0.4) is 0 Å². The quantitative estimate of drug-likeness (QED) is 0.888. The Labute approximate surface area is 154 Å². The van der Waals surface area contributed by atoms with Crippen LogP contribution < -0.4 is 0 Å². The Kier molecular flexibility index (Phi) is 5.74. The summed E-state index contributed by atoms with van der Waals surface area (Å²) in [4.78, 5) is 14.9. The van der Waals surface area contributed by atoms with Gasteiger partial charge in [0.15, 0.2) is 0 Å². The highest BCUT2D eigenvalue weighted by molar-refractivity contribution is 5.77. The number of aliphatic hydroxyl groups is 1. The van der Waals surface area contributed by atoms with Crippen molar-refractivity contribution in [3.8, 4) is 0 Å². The molecule has 1 aliphatic heterocycles. The summed E-state index contributed by atoms with van der Waals surface area (Å²) in [5, 5.41) is 14.2. The summed E-state index contributed by atoms with van der Waals surface area (Å²) in [5.74, 6) is 0.0863. The predicted molar refractivity (Wildman–Crippen MR) is 98.7 cm³/mol. The lowest BCUT2D eigenvalue weighted by Gasteiger charge is -2.41. The zero-order valence-corrected chi connectivity index (χ0v) is 15.7. The number of carbonyl (C=O) groups is 1. The molecule has 2 aromatic rings. The summed E-state index contributed by atoms with van der Waals surface area (Å²) in [6.45, 7) is 4.90. The zero-order valence-electron chi connectivity index (χ0n) is 15.7. The third-order valence-electron chi connectivity index (χ3n) is 5.24. The van der Waals surface area contributed by atoms with E-state index in [4.69, 9.17) is 4.74 Å². The largest absolute Gasteiger partial charge is 0.394 e. The standard InChI is InChI=1S/C20H27N3O3/c1-14-17(15(2)22(3)21-14)9-10-19(25)23-11-12-26-18(13-24)20(23)16-7-5-4-6-8-16/h4-8,18,20,24H,9-13H2,1-3H3/t18-,20-/m1/s1. The fourth-order valence-corrected chi connectivity index (χ4v) is 3.77. The first kappa shape index (κ1) is 18.6. The van der Waals surface area contributed by atoms with Crippen molar-refractivity contribution in [2.75, 3.05) is 19.8 Å². The zero-order chi connectivity index (χ0) is 18.7. The van der Waals surface area contributed by atoms with Gasteiger partial charge in [-0.05, 0) is 31.4 Å². The maximum Gasteiger partial charge on any atom is 0.223 e. The van der Waals surface area contributed by atoms with E-state index >= 15 is 0 Å². The molecule has 1 amide bonds. The number of ether oxygens (including phenoxy) is 1. The first-order chi connectivity index (χ1) is 12.5. The molecule has 1 aromatic carbocycles. The van der Waals surface area contributed by atoms with Crippen molar-refractivity contribution >= 4 is 5.91 Å². The number of morpholine rings is 1. The number of aliphatic hydroxyl groups excluding tert-OH is 1. The van der Waals surface area contributed by atoms with Crippen molar-refractivity contribution in [3.05, 3.63) is 52.8 Å². The Morgan fingerprint density at radius 2 is 2.04 bits per heavy atom. The minimum Gasteiger partial charge on any atom is -0.394 e. The molecule has 2 atom stereocenters. The number of hydrogen-bond acceptors (Lipinski definition) is 4. The van der Waals surface area contributed by atoms with Crippen molar-refractivity contribution in [1.82, 2.24) is 14.7 Å². The molecule has 0 saturated carbocycles. The van der Waals surface area contributed by atoms with Crippen LogP contribution in [0.4, 0.5) is 0 Å². The minimum absolute atomic E-state index is 0.0863. The summed E-state index contributed by atoms with van der Waals surface area (Å²) < 4.78 is 7.58. The molecule has 2 heterocycles. The highest BCUT2D eigenvalue weighted by Crippen LogP contribution is 2.30. The van der Waals surface area contributed by atoms with Crippen LogP contribution in [0.25, 0.3) is 0 Å². The Balaban J connectivity index is 1.77. The second-order valence-corrected chi connectivity index (χ2v) is 6.81.